The van der Waals surface area contributed by atoms with E-state index in [-0.39, 0.29) is 12.7 Å². The second-order valence-corrected chi connectivity index (χ2v) is 7.77. The zero-order valence-electron chi connectivity index (χ0n) is 9.70. The van der Waals surface area contributed by atoms with E-state index in [0.29, 0.717) is 0 Å². The summed E-state index contributed by atoms with van der Waals surface area (Å²) in [5, 5.41) is 2.97. The molecule has 1 aliphatic heterocycles. The third kappa shape index (κ3) is 4.30. The van der Waals surface area contributed by atoms with Crippen molar-refractivity contribution >= 4 is 21.5 Å². The van der Waals surface area contributed by atoms with E-state index in [1.165, 1.54) is 0 Å². The molecule has 1 aromatic rings. The van der Waals surface area contributed by atoms with Crippen molar-refractivity contribution in [1.82, 2.24) is 0 Å². The maximum atomic E-state index is 11.5. The summed E-state index contributed by atoms with van der Waals surface area (Å²) in [7, 11) is -7.62. The first-order valence-corrected chi connectivity index (χ1v) is 8.74. The van der Waals surface area contributed by atoms with Gasteiger partial charge in [-0.1, -0.05) is 0 Å². The van der Waals surface area contributed by atoms with Gasteiger partial charge < -0.3 is 0 Å². The van der Waals surface area contributed by atoms with Gasteiger partial charge in [-0.15, -0.1) is 0 Å². The quantitative estimate of drug-likeness (QED) is 0.418. The number of aryl methyl sites for hydroxylation is 1. The molecule has 0 saturated carbocycles. The van der Waals surface area contributed by atoms with Gasteiger partial charge >= 0.3 is 104 Å². The van der Waals surface area contributed by atoms with Crippen LogP contribution in [-0.4, -0.2) is 22.5 Å². The molecule has 0 amide bonds. The molecular formula is C9H15NO6P2. The monoisotopic (exact) mass is 295 g/mol. The molecule has 1 saturated heterocycles. The van der Waals surface area contributed by atoms with Crippen LogP contribution in [0.1, 0.15) is 5.56 Å². The van der Waals surface area contributed by atoms with Gasteiger partial charge in [0, 0.05) is 0 Å². The van der Waals surface area contributed by atoms with Gasteiger partial charge in [0.2, 0.25) is 0 Å². The van der Waals surface area contributed by atoms with Gasteiger partial charge in [0.25, 0.3) is 0 Å². The van der Waals surface area contributed by atoms with Gasteiger partial charge in [0.05, 0.1) is 0 Å². The van der Waals surface area contributed by atoms with Crippen LogP contribution in [0.3, 0.4) is 0 Å². The minimum absolute atomic E-state index is 0.150. The van der Waals surface area contributed by atoms with Crippen molar-refractivity contribution in [3.05, 3.63) is 29.8 Å². The van der Waals surface area contributed by atoms with Crippen molar-refractivity contribution in [2.75, 3.05) is 18.0 Å². The Morgan fingerprint density at radius 3 is 2.56 bits per heavy atom. The van der Waals surface area contributed by atoms with E-state index in [9.17, 15) is 9.46 Å². The SMILES string of the molecule is Cc1ccc(NCCP(=O)(O)O[PH]2(O)OO2)cc1. The molecule has 0 radical (unpaired) electrons. The Hall–Kier alpha value is -0.520. The number of anilines is 1. The van der Waals surface area contributed by atoms with Gasteiger partial charge in [0.15, 0.2) is 0 Å². The average Bonchev–Trinajstić information content (AvgIpc) is 2.97. The standard InChI is InChI=1S/C9H15NO6P2/c1-8-2-4-9(5-3-8)10-6-7-17(11,12)16-18(13)14-15-18/h2-5,10,13,18H,6-7H2,1H3,(H,11,12). The Labute approximate surface area is 105 Å². The molecule has 1 aromatic carbocycles. The maximum absolute atomic E-state index is 11.5. The van der Waals surface area contributed by atoms with Crippen LogP contribution in [0.4, 0.5) is 5.69 Å². The van der Waals surface area contributed by atoms with Gasteiger partial charge in [-0.05, 0) is 0 Å². The topological polar surface area (TPSA) is 104 Å². The van der Waals surface area contributed by atoms with Crippen molar-refractivity contribution in [2.45, 2.75) is 6.92 Å². The fourth-order valence-corrected chi connectivity index (χ4v) is 4.04. The number of hydrogen-bond acceptors (Lipinski definition) is 6. The van der Waals surface area contributed by atoms with E-state index >= 15 is 0 Å². The van der Waals surface area contributed by atoms with Gasteiger partial charge in [-0.3, -0.25) is 0 Å². The van der Waals surface area contributed by atoms with Crippen LogP contribution in [0.2, 0.25) is 0 Å². The molecule has 9 heteroatoms. The normalized spacial score (nSPS) is 21.9. The van der Waals surface area contributed by atoms with E-state index in [0.717, 1.165) is 11.3 Å². The van der Waals surface area contributed by atoms with Crippen LogP contribution < -0.4 is 5.32 Å². The Bertz CT molecular complexity index is 461. The summed E-state index contributed by atoms with van der Waals surface area (Å²) in [6.07, 6.45) is -0.150. The van der Waals surface area contributed by atoms with Gasteiger partial charge in [-0.25, -0.2) is 0 Å². The van der Waals surface area contributed by atoms with Crippen molar-refractivity contribution in [1.29, 1.82) is 0 Å². The minimum atomic E-state index is -3.90. The molecule has 0 aliphatic carbocycles. The van der Waals surface area contributed by atoms with Crippen molar-refractivity contribution in [3.63, 3.8) is 0 Å². The molecule has 0 spiro atoms. The first-order chi connectivity index (χ1) is 8.39. The van der Waals surface area contributed by atoms with Crippen LogP contribution >= 0.6 is 15.8 Å². The number of hydrogen-bond donors (Lipinski definition) is 3. The molecule has 1 aliphatic rings. The fraction of sp³-hybridized carbons (Fsp3) is 0.333. The molecule has 1 unspecified atom stereocenters. The number of nitrogens with one attached hydrogen (secondary N) is 1. The third-order valence-corrected chi connectivity index (χ3v) is 5.56. The zero-order chi connectivity index (χ0) is 13.2. The molecule has 7 nitrogen and oxygen atoms in total. The summed E-state index contributed by atoms with van der Waals surface area (Å²) >= 11 is 0. The van der Waals surface area contributed by atoms with E-state index in [1.807, 2.05) is 31.2 Å². The molecule has 1 fully saturated rings. The van der Waals surface area contributed by atoms with E-state index in [4.69, 9.17) is 4.89 Å². The Morgan fingerprint density at radius 1 is 1.39 bits per heavy atom. The second kappa shape index (κ2) is 5.23. The summed E-state index contributed by atoms with van der Waals surface area (Å²) < 4.78 is 24.3. The van der Waals surface area contributed by atoms with Crippen LogP contribution in [0, 0.1) is 6.92 Å². The first-order valence-electron chi connectivity index (χ1n) is 5.31. The van der Waals surface area contributed by atoms with Gasteiger partial charge in [0.1, 0.15) is 0 Å². The zero-order valence-corrected chi connectivity index (χ0v) is 11.6. The first kappa shape index (κ1) is 13.9. The second-order valence-electron chi connectivity index (χ2n) is 3.94. The average molecular weight is 295 g/mol. The summed E-state index contributed by atoms with van der Waals surface area (Å²) in [5.41, 5.74) is 1.98. The Balaban J connectivity index is 1.77. The Morgan fingerprint density at radius 2 is 2.00 bits per heavy atom. The molecule has 102 valence electrons. The van der Waals surface area contributed by atoms with E-state index in [1.54, 1.807) is 0 Å². The molecule has 2 rings (SSSR count). The number of rotatable bonds is 6. The number of benzene rings is 1. The van der Waals surface area contributed by atoms with Crippen LogP contribution in [0.15, 0.2) is 24.3 Å². The van der Waals surface area contributed by atoms with E-state index < -0.39 is 15.8 Å². The predicted molar refractivity (Wildman–Crippen MR) is 68.1 cm³/mol. The summed E-state index contributed by atoms with van der Waals surface area (Å²) in [5.74, 6) is 0. The molecule has 18 heavy (non-hydrogen) atoms. The molecule has 1 heterocycles. The predicted octanol–water partition coefficient (Wildman–Crippen LogP) is 1.97. The van der Waals surface area contributed by atoms with Crippen LogP contribution in [0.5, 0.6) is 0 Å². The third-order valence-electron chi connectivity index (χ3n) is 2.26. The summed E-state index contributed by atoms with van der Waals surface area (Å²) in [6, 6.07) is 7.60. The molecule has 0 bridgehead atoms. The van der Waals surface area contributed by atoms with Crippen molar-refractivity contribution in [3.8, 4) is 0 Å². The van der Waals surface area contributed by atoms with Crippen molar-refractivity contribution < 1.29 is 28.0 Å². The fourth-order valence-electron chi connectivity index (χ4n) is 1.30. The summed E-state index contributed by atoms with van der Waals surface area (Å²) in [6.45, 7) is 2.21. The van der Waals surface area contributed by atoms with E-state index in [2.05, 4.69) is 19.0 Å². The Kier molecular flexibility index (Phi) is 4.04. The van der Waals surface area contributed by atoms with Gasteiger partial charge in [-0.2, -0.15) is 0 Å². The molecule has 3 N–H and O–H groups in total. The van der Waals surface area contributed by atoms with Crippen LogP contribution in [-0.2, 0) is 18.2 Å². The summed E-state index contributed by atoms with van der Waals surface area (Å²) in [4.78, 5) is 18.6. The molecule has 0 aromatic heterocycles. The molecule has 1 atom stereocenters. The molecular weight excluding hydrogens is 280 g/mol. The van der Waals surface area contributed by atoms with Crippen molar-refractivity contribution in [2.24, 2.45) is 0 Å². The van der Waals surface area contributed by atoms with Crippen LogP contribution in [0.25, 0.3) is 0 Å².